The minimum absolute atomic E-state index is 0.662. The van der Waals surface area contributed by atoms with Crippen LogP contribution in [0.4, 0.5) is 0 Å². The maximum atomic E-state index is 11.6. The van der Waals surface area contributed by atoms with Crippen molar-refractivity contribution in [1.82, 2.24) is 9.55 Å². The molecule has 11 nitrogen and oxygen atoms in total. The monoisotopic (exact) mass is 324 g/mol. The fourth-order valence-corrected chi connectivity index (χ4v) is 2.59. The van der Waals surface area contributed by atoms with E-state index >= 15 is 0 Å². The topological polar surface area (TPSA) is 171 Å². The fourth-order valence-electron chi connectivity index (χ4n) is 2.01. The molecule has 5 N–H and O–H groups in total. The number of aromatic amines is 1. The zero-order valence-electron chi connectivity index (χ0n) is 10.4. The molecule has 0 saturated carbocycles. The summed E-state index contributed by atoms with van der Waals surface area (Å²) >= 11 is 0. The Hall–Kier alpha value is -1.33. The van der Waals surface area contributed by atoms with Gasteiger partial charge in [-0.05, 0) is 0 Å². The molecule has 1 fully saturated rings. The Labute approximate surface area is 116 Å². The molecular formula is C9H13N2O9P. The maximum absolute atomic E-state index is 11.6. The number of phosphoric ester groups is 1. The van der Waals surface area contributed by atoms with Gasteiger partial charge in [0.2, 0.25) is 0 Å². The van der Waals surface area contributed by atoms with Crippen LogP contribution in [0.5, 0.6) is 0 Å². The van der Waals surface area contributed by atoms with Gasteiger partial charge < -0.3 is 24.7 Å². The molecule has 0 amide bonds. The molecule has 0 aliphatic carbocycles. The molecule has 0 spiro atoms. The van der Waals surface area contributed by atoms with Gasteiger partial charge in [0.05, 0.1) is 6.61 Å². The molecule has 1 saturated heterocycles. The molecule has 1 aliphatic rings. The normalized spacial score (nSPS) is 29.7. The van der Waals surface area contributed by atoms with Gasteiger partial charge in [0.25, 0.3) is 5.56 Å². The molecule has 0 radical (unpaired) electrons. The number of aromatic nitrogens is 2. The molecule has 118 valence electrons. The molecule has 1 aromatic rings. The van der Waals surface area contributed by atoms with Gasteiger partial charge in [-0.2, -0.15) is 0 Å². The molecule has 2 heterocycles. The molecule has 2 rings (SSSR count). The summed E-state index contributed by atoms with van der Waals surface area (Å²) in [5.41, 5.74) is -1.55. The summed E-state index contributed by atoms with van der Waals surface area (Å²) in [6.07, 6.45) is -4.76. The molecule has 0 aromatic carbocycles. The van der Waals surface area contributed by atoms with Crippen LogP contribution in [0.15, 0.2) is 21.9 Å². The second-order valence-electron chi connectivity index (χ2n) is 4.32. The summed E-state index contributed by atoms with van der Waals surface area (Å²) in [7, 11) is -4.94. The predicted molar refractivity (Wildman–Crippen MR) is 65.2 cm³/mol. The van der Waals surface area contributed by atoms with Gasteiger partial charge in [0.1, 0.15) is 18.3 Å². The highest BCUT2D eigenvalue weighted by atomic mass is 31.2. The summed E-state index contributed by atoms with van der Waals surface area (Å²) in [6, 6.07) is 1.00. The van der Waals surface area contributed by atoms with Crippen LogP contribution >= 0.6 is 7.82 Å². The minimum Gasteiger partial charge on any atom is -0.394 e. The number of nitrogens with one attached hydrogen (secondary N) is 1. The quantitative estimate of drug-likeness (QED) is 0.368. The standard InChI is InChI=1S/C9H13N2O9P/c12-3-4-7(20-21(16,17)18)6(14)8(19-4)11-2-1-5(13)10-9(11)15/h1-2,4,6-8,12,14H,3H2,(H,10,13,15)(H2,16,17,18)/t4-,6-,7-,8-/m0/s1. The lowest BCUT2D eigenvalue weighted by atomic mass is 10.1. The minimum atomic E-state index is -4.94. The number of rotatable bonds is 4. The molecule has 4 atom stereocenters. The Kier molecular flexibility index (Phi) is 4.44. The van der Waals surface area contributed by atoms with E-state index in [1.807, 2.05) is 4.98 Å². The van der Waals surface area contributed by atoms with E-state index in [2.05, 4.69) is 4.52 Å². The highest BCUT2D eigenvalue weighted by Crippen LogP contribution is 2.43. The fraction of sp³-hybridized carbons (Fsp3) is 0.556. The molecule has 12 heteroatoms. The third-order valence-electron chi connectivity index (χ3n) is 2.87. The Morgan fingerprint density at radius 3 is 2.62 bits per heavy atom. The summed E-state index contributed by atoms with van der Waals surface area (Å²) < 4.78 is 21.2. The van der Waals surface area contributed by atoms with Crippen LogP contribution in [-0.4, -0.2) is 54.5 Å². The first-order valence-electron chi connectivity index (χ1n) is 5.73. The number of aliphatic hydroxyl groups excluding tert-OH is 2. The first-order chi connectivity index (χ1) is 9.73. The van der Waals surface area contributed by atoms with E-state index in [0.29, 0.717) is 0 Å². The largest absolute Gasteiger partial charge is 0.470 e. The number of aliphatic hydroxyl groups is 2. The van der Waals surface area contributed by atoms with Crippen molar-refractivity contribution in [2.24, 2.45) is 0 Å². The highest BCUT2D eigenvalue weighted by Gasteiger charge is 2.48. The first-order valence-corrected chi connectivity index (χ1v) is 7.26. The van der Waals surface area contributed by atoms with Crippen molar-refractivity contribution >= 4 is 7.82 Å². The summed E-state index contributed by atoms with van der Waals surface area (Å²) in [4.78, 5) is 42.1. The lowest BCUT2D eigenvalue weighted by molar-refractivity contribution is -0.0549. The van der Waals surface area contributed by atoms with E-state index in [0.717, 1.165) is 16.8 Å². The lowest BCUT2D eigenvalue weighted by Crippen LogP contribution is -2.38. The third-order valence-corrected chi connectivity index (χ3v) is 3.39. The van der Waals surface area contributed by atoms with Crippen LogP contribution in [0, 0.1) is 0 Å². The second kappa shape index (κ2) is 5.81. The average molecular weight is 324 g/mol. The number of H-pyrrole nitrogens is 1. The van der Waals surface area contributed by atoms with Crippen molar-refractivity contribution in [3.05, 3.63) is 33.1 Å². The maximum Gasteiger partial charge on any atom is 0.470 e. The lowest BCUT2D eigenvalue weighted by Gasteiger charge is -2.20. The van der Waals surface area contributed by atoms with Gasteiger partial charge >= 0.3 is 13.5 Å². The van der Waals surface area contributed by atoms with Crippen molar-refractivity contribution < 1.29 is 33.8 Å². The van der Waals surface area contributed by atoms with Crippen molar-refractivity contribution in [1.29, 1.82) is 0 Å². The van der Waals surface area contributed by atoms with Crippen molar-refractivity contribution in [2.75, 3.05) is 6.61 Å². The van der Waals surface area contributed by atoms with Gasteiger partial charge in [0, 0.05) is 12.3 Å². The van der Waals surface area contributed by atoms with E-state index in [4.69, 9.17) is 19.6 Å². The van der Waals surface area contributed by atoms with Crippen LogP contribution in [0.1, 0.15) is 6.23 Å². The number of phosphoric acid groups is 1. The van der Waals surface area contributed by atoms with Crippen LogP contribution in [0.25, 0.3) is 0 Å². The SMILES string of the molecule is O=c1ccn([C@H]2O[C@@H](CO)[C@H](OP(=O)(O)O)[C@@H]2O)c(=O)[nH]1. The van der Waals surface area contributed by atoms with E-state index in [1.54, 1.807) is 0 Å². The Balaban J connectivity index is 2.33. The van der Waals surface area contributed by atoms with Crippen molar-refractivity contribution in [3.8, 4) is 0 Å². The molecule has 1 aliphatic heterocycles. The second-order valence-corrected chi connectivity index (χ2v) is 5.51. The smallest absolute Gasteiger partial charge is 0.394 e. The molecule has 0 bridgehead atoms. The third kappa shape index (κ3) is 3.47. The Morgan fingerprint density at radius 1 is 1.43 bits per heavy atom. The van der Waals surface area contributed by atoms with Gasteiger partial charge in [-0.3, -0.25) is 18.9 Å². The summed E-state index contributed by atoms with van der Waals surface area (Å²) in [5.74, 6) is 0. The van der Waals surface area contributed by atoms with Crippen LogP contribution in [0.3, 0.4) is 0 Å². The van der Waals surface area contributed by atoms with Gasteiger partial charge in [-0.1, -0.05) is 0 Å². The number of hydrogen-bond acceptors (Lipinski definition) is 7. The van der Waals surface area contributed by atoms with Crippen molar-refractivity contribution in [2.45, 2.75) is 24.5 Å². The van der Waals surface area contributed by atoms with Crippen LogP contribution in [0.2, 0.25) is 0 Å². The van der Waals surface area contributed by atoms with Crippen LogP contribution < -0.4 is 11.2 Å². The van der Waals surface area contributed by atoms with E-state index in [9.17, 15) is 19.3 Å². The molecular weight excluding hydrogens is 311 g/mol. The van der Waals surface area contributed by atoms with Crippen LogP contribution in [-0.2, 0) is 13.8 Å². The number of ether oxygens (including phenoxy) is 1. The van der Waals surface area contributed by atoms with Gasteiger partial charge in [-0.25, -0.2) is 9.36 Å². The zero-order valence-corrected chi connectivity index (χ0v) is 11.3. The van der Waals surface area contributed by atoms with Gasteiger partial charge in [-0.15, -0.1) is 0 Å². The summed E-state index contributed by atoms with van der Waals surface area (Å²) in [6.45, 7) is -0.698. The predicted octanol–water partition coefficient (Wildman–Crippen LogP) is -2.73. The van der Waals surface area contributed by atoms with E-state index in [-0.39, 0.29) is 0 Å². The molecule has 1 aromatic heterocycles. The van der Waals surface area contributed by atoms with Gasteiger partial charge in [0.15, 0.2) is 6.23 Å². The molecule has 0 unspecified atom stereocenters. The summed E-state index contributed by atoms with van der Waals surface area (Å²) in [5, 5.41) is 19.1. The zero-order chi connectivity index (χ0) is 15.8. The highest BCUT2D eigenvalue weighted by molar-refractivity contribution is 7.46. The Morgan fingerprint density at radius 2 is 2.10 bits per heavy atom. The van der Waals surface area contributed by atoms with E-state index in [1.165, 1.54) is 0 Å². The van der Waals surface area contributed by atoms with E-state index < -0.39 is 50.2 Å². The Bertz CT molecular complexity index is 664. The molecule has 21 heavy (non-hydrogen) atoms. The number of nitrogens with zero attached hydrogens (tertiary/aromatic N) is 1. The van der Waals surface area contributed by atoms with Crippen molar-refractivity contribution in [3.63, 3.8) is 0 Å². The average Bonchev–Trinajstić information content (AvgIpc) is 2.65. The number of hydrogen-bond donors (Lipinski definition) is 5. The first kappa shape index (κ1) is 16.0.